The van der Waals surface area contributed by atoms with Crippen LogP contribution in [0.5, 0.6) is 0 Å². The lowest BCUT2D eigenvalue weighted by Crippen LogP contribution is -2.28. The van der Waals surface area contributed by atoms with Gasteiger partial charge in [0.2, 0.25) is 0 Å². The van der Waals surface area contributed by atoms with Gasteiger partial charge in [-0.3, -0.25) is 5.84 Å². The highest BCUT2D eigenvalue weighted by atomic mass is 35.5. The third-order valence-corrected chi connectivity index (χ3v) is 4.70. The molecule has 1 fully saturated rings. The molecule has 0 saturated heterocycles. The van der Waals surface area contributed by atoms with Crippen LogP contribution in [0.15, 0.2) is 28.7 Å². The van der Waals surface area contributed by atoms with Gasteiger partial charge >= 0.3 is 0 Å². The van der Waals surface area contributed by atoms with Gasteiger partial charge in [-0.15, -0.1) is 0 Å². The van der Waals surface area contributed by atoms with Crippen molar-refractivity contribution in [3.05, 3.63) is 35.0 Å². The zero-order valence-electron chi connectivity index (χ0n) is 11.6. The van der Waals surface area contributed by atoms with Crippen molar-refractivity contribution in [2.75, 3.05) is 0 Å². The fourth-order valence-electron chi connectivity index (χ4n) is 3.23. The Hall–Kier alpha value is -1.03. The van der Waals surface area contributed by atoms with Gasteiger partial charge < -0.3 is 4.42 Å². The van der Waals surface area contributed by atoms with E-state index in [0.29, 0.717) is 5.02 Å². The summed E-state index contributed by atoms with van der Waals surface area (Å²) < 4.78 is 5.89. The molecule has 3 rings (SSSR count). The average molecular weight is 293 g/mol. The fraction of sp³-hybridized carbons (Fsp3) is 0.500. The second-order valence-electron chi connectivity index (χ2n) is 5.75. The molecule has 1 saturated carbocycles. The summed E-state index contributed by atoms with van der Waals surface area (Å²) in [6.45, 7) is 0. The summed E-state index contributed by atoms with van der Waals surface area (Å²) in [5.41, 5.74) is 3.64. The number of hydrogen-bond acceptors (Lipinski definition) is 3. The summed E-state index contributed by atoms with van der Waals surface area (Å²) in [5, 5.41) is 1.69. The molecule has 3 N–H and O–H groups in total. The van der Waals surface area contributed by atoms with Crippen LogP contribution < -0.4 is 11.3 Å². The van der Waals surface area contributed by atoms with Crippen LogP contribution in [-0.2, 0) is 0 Å². The Morgan fingerprint density at radius 2 is 2.15 bits per heavy atom. The third kappa shape index (κ3) is 2.85. The number of nitrogens with one attached hydrogen (secondary N) is 1. The molecule has 2 aromatic rings. The van der Waals surface area contributed by atoms with Crippen molar-refractivity contribution in [1.29, 1.82) is 0 Å². The van der Waals surface area contributed by atoms with Gasteiger partial charge in [-0.2, -0.15) is 0 Å². The first kappa shape index (κ1) is 13.9. The molecule has 0 spiro atoms. The number of rotatable bonds is 5. The molecule has 20 heavy (non-hydrogen) atoms. The first-order valence-electron chi connectivity index (χ1n) is 7.42. The number of nitrogens with two attached hydrogens (primary N) is 1. The number of hydrazine groups is 1. The summed E-state index contributed by atoms with van der Waals surface area (Å²) in [6.07, 6.45) is 7.71. The fourth-order valence-corrected chi connectivity index (χ4v) is 3.45. The second-order valence-corrected chi connectivity index (χ2v) is 6.16. The van der Waals surface area contributed by atoms with Gasteiger partial charge in [-0.25, -0.2) is 5.43 Å². The Kier molecular flexibility index (Phi) is 4.29. The first-order valence-corrected chi connectivity index (χ1v) is 7.80. The largest absolute Gasteiger partial charge is 0.458 e. The van der Waals surface area contributed by atoms with Gasteiger partial charge in [-0.05, 0) is 30.9 Å². The number of hydrogen-bond donors (Lipinski definition) is 2. The normalized spacial score (nSPS) is 17.9. The number of para-hydroxylation sites is 1. The van der Waals surface area contributed by atoms with Gasteiger partial charge in [0.25, 0.3) is 0 Å². The zero-order chi connectivity index (χ0) is 13.9. The number of halogens is 1. The van der Waals surface area contributed by atoms with Crippen molar-refractivity contribution in [3.8, 4) is 0 Å². The van der Waals surface area contributed by atoms with Crippen LogP contribution in [0.2, 0.25) is 5.02 Å². The highest BCUT2D eigenvalue weighted by molar-refractivity contribution is 6.34. The molecule has 1 aliphatic rings. The Morgan fingerprint density at radius 3 is 2.85 bits per heavy atom. The number of benzene rings is 1. The third-order valence-electron chi connectivity index (χ3n) is 4.40. The summed E-state index contributed by atoms with van der Waals surface area (Å²) in [5.74, 6) is 7.45. The van der Waals surface area contributed by atoms with E-state index < -0.39 is 0 Å². The number of furan rings is 1. The Morgan fingerprint density at radius 1 is 1.35 bits per heavy atom. The van der Waals surface area contributed by atoms with Gasteiger partial charge in [0.1, 0.15) is 5.76 Å². The minimum Gasteiger partial charge on any atom is -0.458 e. The average Bonchev–Trinajstić information content (AvgIpc) is 3.09. The van der Waals surface area contributed by atoms with E-state index in [-0.39, 0.29) is 6.04 Å². The molecular formula is C16H21ClN2O. The standard InChI is InChI=1S/C16H21ClN2O/c17-13-7-3-6-12-10-15(20-16(12)13)14(19-18)9-8-11-4-1-2-5-11/h3,6-7,10-11,14,19H,1-2,4-5,8-9,18H2. The quantitative estimate of drug-likeness (QED) is 0.627. The smallest absolute Gasteiger partial charge is 0.152 e. The van der Waals surface area contributed by atoms with Crippen molar-refractivity contribution in [1.82, 2.24) is 5.43 Å². The van der Waals surface area contributed by atoms with Crippen LogP contribution >= 0.6 is 11.6 Å². The molecule has 0 amide bonds. The van der Waals surface area contributed by atoms with Gasteiger partial charge in [0.15, 0.2) is 5.58 Å². The second kappa shape index (κ2) is 6.17. The van der Waals surface area contributed by atoms with Crippen molar-refractivity contribution in [2.45, 2.75) is 44.6 Å². The zero-order valence-corrected chi connectivity index (χ0v) is 12.3. The van der Waals surface area contributed by atoms with E-state index in [1.165, 1.54) is 32.1 Å². The lowest BCUT2D eigenvalue weighted by Gasteiger charge is -2.15. The SMILES string of the molecule is NNC(CCC1CCCC1)c1cc2cccc(Cl)c2o1. The van der Waals surface area contributed by atoms with E-state index in [4.69, 9.17) is 21.9 Å². The minimum atomic E-state index is 0.0686. The van der Waals surface area contributed by atoms with Crippen molar-refractivity contribution >= 4 is 22.6 Å². The number of fused-ring (bicyclic) bond motifs is 1. The Bertz CT molecular complexity index is 575. The van der Waals surface area contributed by atoms with E-state index in [0.717, 1.165) is 29.1 Å². The molecule has 1 unspecified atom stereocenters. The van der Waals surface area contributed by atoms with Crippen molar-refractivity contribution < 1.29 is 4.42 Å². The first-order chi connectivity index (χ1) is 9.78. The van der Waals surface area contributed by atoms with Gasteiger partial charge in [-0.1, -0.05) is 49.4 Å². The predicted molar refractivity (Wildman–Crippen MR) is 82.5 cm³/mol. The molecule has 0 aliphatic heterocycles. The topological polar surface area (TPSA) is 51.2 Å². The molecule has 0 bridgehead atoms. The van der Waals surface area contributed by atoms with Crippen LogP contribution in [0.25, 0.3) is 11.0 Å². The van der Waals surface area contributed by atoms with Crippen LogP contribution in [-0.4, -0.2) is 0 Å². The minimum absolute atomic E-state index is 0.0686. The molecule has 1 heterocycles. The molecular weight excluding hydrogens is 272 g/mol. The van der Waals surface area contributed by atoms with Crippen LogP contribution in [0, 0.1) is 5.92 Å². The maximum absolute atomic E-state index is 6.15. The summed E-state index contributed by atoms with van der Waals surface area (Å²) >= 11 is 6.15. The van der Waals surface area contributed by atoms with Gasteiger partial charge in [0, 0.05) is 5.39 Å². The molecule has 4 heteroatoms. The molecule has 1 aromatic carbocycles. The lowest BCUT2D eigenvalue weighted by atomic mass is 9.98. The molecule has 3 nitrogen and oxygen atoms in total. The molecule has 108 valence electrons. The van der Waals surface area contributed by atoms with E-state index >= 15 is 0 Å². The monoisotopic (exact) mass is 292 g/mol. The summed E-state index contributed by atoms with van der Waals surface area (Å²) in [6, 6.07) is 7.91. The maximum atomic E-state index is 6.15. The summed E-state index contributed by atoms with van der Waals surface area (Å²) in [7, 11) is 0. The molecule has 1 aliphatic carbocycles. The van der Waals surface area contributed by atoms with E-state index in [1.54, 1.807) is 0 Å². The van der Waals surface area contributed by atoms with E-state index in [9.17, 15) is 0 Å². The molecule has 0 radical (unpaired) electrons. The van der Waals surface area contributed by atoms with E-state index in [1.807, 2.05) is 24.3 Å². The van der Waals surface area contributed by atoms with E-state index in [2.05, 4.69) is 5.43 Å². The lowest BCUT2D eigenvalue weighted by molar-refractivity contribution is 0.372. The molecule has 1 aromatic heterocycles. The molecule has 1 atom stereocenters. The Balaban J connectivity index is 1.74. The van der Waals surface area contributed by atoms with Crippen LogP contribution in [0.4, 0.5) is 0 Å². The van der Waals surface area contributed by atoms with Crippen molar-refractivity contribution in [3.63, 3.8) is 0 Å². The Labute approximate surface area is 124 Å². The van der Waals surface area contributed by atoms with Gasteiger partial charge in [0.05, 0.1) is 11.1 Å². The predicted octanol–water partition coefficient (Wildman–Crippen LogP) is 4.56. The highest BCUT2D eigenvalue weighted by Gasteiger charge is 2.20. The van der Waals surface area contributed by atoms with Crippen LogP contribution in [0.1, 0.15) is 50.3 Å². The summed E-state index contributed by atoms with van der Waals surface area (Å²) in [4.78, 5) is 0. The van der Waals surface area contributed by atoms with Crippen LogP contribution in [0.3, 0.4) is 0 Å². The highest BCUT2D eigenvalue weighted by Crippen LogP contribution is 2.34. The maximum Gasteiger partial charge on any atom is 0.152 e. The van der Waals surface area contributed by atoms with Crippen molar-refractivity contribution in [2.24, 2.45) is 11.8 Å².